The lowest BCUT2D eigenvalue weighted by atomic mass is 9.86. The van der Waals surface area contributed by atoms with Crippen LogP contribution < -0.4 is 0 Å². The third-order valence-electron chi connectivity index (χ3n) is 2.83. The van der Waals surface area contributed by atoms with Gasteiger partial charge < -0.3 is 0 Å². The number of rotatable bonds is 4. The molecule has 0 aliphatic heterocycles. The lowest BCUT2D eigenvalue weighted by Crippen LogP contribution is -2.36. The van der Waals surface area contributed by atoms with E-state index in [9.17, 15) is 0 Å². The van der Waals surface area contributed by atoms with Gasteiger partial charge in [-0.05, 0) is 18.4 Å². The average Bonchev–Trinajstić information content (AvgIpc) is 2.19. The first-order valence-electron chi connectivity index (χ1n) is 4.95. The number of benzene rings is 1. The molecule has 78 valence electrons. The molecule has 14 heavy (non-hydrogen) atoms. The molecule has 0 aliphatic rings. The third-order valence-corrected chi connectivity index (χ3v) is 2.83. The van der Waals surface area contributed by atoms with Crippen LogP contribution in [0.1, 0.15) is 26.3 Å². The Hall–Kier alpha value is -0.860. The molecule has 1 aromatic rings. The van der Waals surface area contributed by atoms with Gasteiger partial charge in [-0.2, -0.15) is 0 Å². The number of hydrogen-bond donors (Lipinski definition) is 1. The molecule has 0 fully saturated rings. The third kappa shape index (κ3) is 2.56. The van der Waals surface area contributed by atoms with Crippen molar-refractivity contribution in [3.8, 4) is 0 Å². The average molecular weight is 194 g/mol. The zero-order chi connectivity index (χ0) is 10.6. The maximum atomic E-state index is 8.92. The molecule has 2 nitrogen and oxygen atoms in total. The first-order valence-corrected chi connectivity index (χ1v) is 4.95. The van der Waals surface area contributed by atoms with Gasteiger partial charge in [-0.3, -0.25) is 5.26 Å². The zero-order valence-electron chi connectivity index (χ0n) is 9.03. The molecule has 1 atom stereocenters. The summed E-state index contributed by atoms with van der Waals surface area (Å²) in [6.07, 6.45) is 0.724. The van der Waals surface area contributed by atoms with Crippen LogP contribution in [-0.4, -0.2) is 10.9 Å². The highest BCUT2D eigenvalue weighted by Crippen LogP contribution is 2.25. The second-order valence-corrected chi connectivity index (χ2v) is 4.22. The molecule has 0 amide bonds. The van der Waals surface area contributed by atoms with E-state index in [4.69, 9.17) is 5.26 Å². The second kappa shape index (κ2) is 4.58. The summed E-state index contributed by atoms with van der Waals surface area (Å²) in [4.78, 5) is 4.60. The Morgan fingerprint density at radius 3 is 2.29 bits per heavy atom. The van der Waals surface area contributed by atoms with E-state index in [1.807, 2.05) is 51.1 Å². The minimum atomic E-state index is -0.499. The molecule has 0 spiro atoms. The van der Waals surface area contributed by atoms with Gasteiger partial charge in [0.2, 0.25) is 0 Å². The van der Waals surface area contributed by atoms with Crippen molar-refractivity contribution >= 4 is 0 Å². The predicted octanol–water partition coefficient (Wildman–Crippen LogP) is 3.13. The monoisotopic (exact) mass is 194 g/mol. The Kier molecular flexibility index (Phi) is 3.67. The van der Waals surface area contributed by atoms with E-state index in [0.29, 0.717) is 0 Å². The standard InChI is InChI=1S/C12H18O2/c1-10(2)12(3,14-13)9-11-7-5-4-6-8-11/h4-8,10,13H,9H2,1-3H3. The summed E-state index contributed by atoms with van der Waals surface area (Å²) in [5, 5.41) is 8.92. The molecule has 1 aromatic carbocycles. The topological polar surface area (TPSA) is 29.5 Å². The summed E-state index contributed by atoms with van der Waals surface area (Å²) in [6.45, 7) is 6.00. The summed E-state index contributed by atoms with van der Waals surface area (Å²) in [5.41, 5.74) is 0.680. The van der Waals surface area contributed by atoms with Crippen LogP contribution in [0.25, 0.3) is 0 Å². The maximum absolute atomic E-state index is 8.92. The molecule has 1 N–H and O–H groups in total. The molecule has 0 radical (unpaired) electrons. The van der Waals surface area contributed by atoms with E-state index in [1.54, 1.807) is 0 Å². The fourth-order valence-corrected chi connectivity index (χ4v) is 1.34. The van der Waals surface area contributed by atoms with Gasteiger partial charge in [-0.15, -0.1) is 0 Å². The Labute approximate surface area is 85.5 Å². The van der Waals surface area contributed by atoms with Crippen molar-refractivity contribution in [3.63, 3.8) is 0 Å². The smallest absolute Gasteiger partial charge is 0.107 e. The van der Waals surface area contributed by atoms with Gasteiger partial charge in [0, 0.05) is 6.42 Å². The maximum Gasteiger partial charge on any atom is 0.107 e. The van der Waals surface area contributed by atoms with Gasteiger partial charge in [0.15, 0.2) is 0 Å². The van der Waals surface area contributed by atoms with E-state index in [2.05, 4.69) is 4.89 Å². The van der Waals surface area contributed by atoms with Gasteiger partial charge >= 0.3 is 0 Å². The van der Waals surface area contributed by atoms with Crippen molar-refractivity contribution in [2.75, 3.05) is 0 Å². The highest BCUT2D eigenvalue weighted by atomic mass is 17.1. The lowest BCUT2D eigenvalue weighted by molar-refractivity contribution is -0.329. The molecule has 2 heteroatoms. The van der Waals surface area contributed by atoms with E-state index < -0.39 is 5.60 Å². The highest BCUT2D eigenvalue weighted by molar-refractivity contribution is 5.17. The Bertz CT molecular complexity index is 269. The summed E-state index contributed by atoms with van der Waals surface area (Å²) >= 11 is 0. The van der Waals surface area contributed by atoms with E-state index >= 15 is 0 Å². The molecule has 0 aliphatic carbocycles. The van der Waals surface area contributed by atoms with Crippen LogP contribution in [0.15, 0.2) is 30.3 Å². The Morgan fingerprint density at radius 2 is 1.86 bits per heavy atom. The number of hydrogen-bond acceptors (Lipinski definition) is 2. The zero-order valence-corrected chi connectivity index (χ0v) is 9.03. The van der Waals surface area contributed by atoms with Crippen LogP contribution >= 0.6 is 0 Å². The van der Waals surface area contributed by atoms with Crippen LogP contribution in [-0.2, 0) is 11.3 Å². The molecule has 0 saturated carbocycles. The van der Waals surface area contributed by atoms with Crippen LogP contribution in [0, 0.1) is 5.92 Å². The predicted molar refractivity (Wildman–Crippen MR) is 57.1 cm³/mol. The molecule has 1 unspecified atom stereocenters. The largest absolute Gasteiger partial charge is 0.251 e. The van der Waals surface area contributed by atoms with Crippen molar-refractivity contribution in [2.45, 2.75) is 32.8 Å². The van der Waals surface area contributed by atoms with Gasteiger partial charge in [0.1, 0.15) is 5.60 Å². The normalized spacial score (nSPS) is 15.5. The van der Waals surface area contributed by atoms with Gasteiger partial charge in [-0.25, -0.2) is 4.89 Å². The van der Waals surface area contributed by atoms with Crippen LogP contribution in [0.4, 0.5) is 0 Å². The fraction of sp³-hybridized carbons (Fsp3) is 0.500. The molecule has 0 aromatic heterocycles. The van der Waals surface area contributed by atoms with E-state index in [0.717, 1.165) is 6.42 Å². The summed E-state index contributed by atoms with van der Waals surface area (Å²) in [5.74, 6) is 0.271. The van der Waals surface area contributed by atoms with E-state index in [-0.39, 0.29) is 5.92 Å². The minimum Gasteiger partial charge on any atom is -0.251 e. The molecule has 0 bridgehead atoms. The van der Waals surface area contributed by atoms with Crippen molar-refractivity contribution in [2.24, 2.45) is 5.92 Å². The van der Waals surface area contributed by atoms with Gasteiger partial charge in [-0.1, -0.05) is 44.2 Å². The summed E-state index contributed by atoms with van der Waals surface area (Å²) < 4.78 is 0. The second-order valence-electron chi connectivity index (χ2n) is 4.22. The molecule has 0 saturated heterocycles. The SMILES string of the molecule is CC(C)C(C)(Cc1ccccc1)OO. The van der Waals surface area contributed by atoms with Crippen LogP contribution in [0.2, 0.25) is 0 Å². The van der Waals surface area contributed by atoms with Crippen LogP contribution in [0.3, 0.4) is 0 Å². The van der Waals surface area contributed by atoms with E-state index in [1.165, 1.54) is 5.56 Å². The molecular formula is C12H18O2. The Balaban J connectivity index is 2.76. The van der Waals surface area contributed by atoms with Crippen LogP contribution in [0.5, 0.6) is 0 Å². The summed E-state index contributed by atoms with van der Waals surface area (Å²) in [7, 11) is 0. The quantitative estimate of drug-likeness (QED) is 0.589. The first kappa shape index (κ1) is 11.2. The molecule has 1 rings (SSSR count). The first-order chi connectivity index (χ1) is 6.58. The van der Waals surface area contributed by atoms with Crippen molar-refractivity contribution in [3.05, 3.63) is 35.9 Å². The van der Waals surface area contributed by atoms with Crippen molar-refractivity contribution in [1.29, 1.82) is 0 Å². The van der Waals surface area contributed by atoms with Gasteiger partial charge in [0.25, 0.3) is 0 Å². The lowest BCUT2D eigenvalue weighted by Gasteiger charge is -2.30. The van der Waals surface area contributed by atoms with Crippen molar-refractivity contribution in [1.82, 2.24) is 0 Å². The van der Waals surface area contributed by atoms with Crippen molar-refractivity contribution < 1.29 is 10.1 Å². The minimum absolute atomic E-state index is 0.271. The molecular weight excluding hydrogens is 176 g/mol. The fourth-order valence-electron chi connectivity index (χ4n) is 1.34. The summed E-state index contributed by atoms with van der Waals surface area (Å²) in [6, 6.07) is 10.1. The van der Waals surface area contributed by atoms with Gasteiger partial charge in [0.05, 0.1) is 0 Å². The molecule has 0 heterocycles. The Morgan fingerprint density at radius 1 is 1.29 bits per heavy atom. The highest BCUT2D eigenvalue weighted by Gasteiger charge is 2.30.